The zero-order valence-electron chi connectivity index (χ0n) is 15.3. The lowest BCUT2D eigenvalue weighted by atomic mass is 9.89. The van der Waals surface area contributed by atoms with Crippen molar-refractivity contribution in [2.75, 3.05) is 13.6 Å². The Morgan fingerprint density at radius 3 is 2.56 bits per heavy atom. The second kappa shape index (κ2) is 8.30. The summed E-state index contributed by atoms with van der Waals surface area (Å²) in [6, 6.07) is 17.0. The van der Waals surface area contributed by atoms with E-state index >= 15 is 0 Å². The van der Waals surface area contributed by atoms with Gasteiger partial charge < -0.3 is 5.32 Å². The summed E-state index contributed by atoms with van der Waals surface area (Å²) in [4.78, 5) is 14.4. The molecule has 2 aromatic carbocycles. The zero-order chi connectivity index (χ0) is 17.6. The Hall–Kier alpha value is -2.13. The van der Waals surface area contributed by atoms with Gasteiger partial charge in [0.1, 0.15) is 0 Å². The highest BCUT2D eigenvalue weighted by molar-refractivity contribution is 5.78. The minimum Gasteiger partial charge on any atom is -0.348 e. The predicted molar refractivity (Wildman–Crippen MR) is 102 cm³/mol. The number of carbonyl (C=O) groups excluding carboxylic acids is 1. The second-order valence-corrected chi connectivity index (χ2v) is 7.18. The van der Waals surface area contributed by atoms with Crippen LogP contribution in [-0.2, 0) is 24.2 Å². The summed E-state index contributed by atoms with van der Waals surface area (Å²) in [5.74, 6) is 0.0728. The van der Waals surface area contributed by atoms with E-state index in [2.05, 4.69) is 42.6 Å². The Morgan fingerprint density at radius 2 is 1.80 bits per heavy atom. The van der Waals surface area contributed by atoms with Crippen molar-refractivity contribution >= 4 is 5.91 Å². The molecule has 0 unspecified atom stereocenters. The summed E-state index contributed by atoms with van der Waals surface area (Å²) < 4.78 is 0. The van der Waals surface area contributed by atoms with Gasteiger partial charge in [0.2, 0.25) is 5.91 Å². The largest absolute Gasteiger partial charge is 0.348 e. The Bertz CT molecular complexity index is 711. The predicted octanol–water partition coefficient (Wildman–Crippen LogP) is 3.87. The molecule has 1 N–H and O–H groups in total. The first-order valence-electron chi connectivity index (χ1n) is 9.25. The molecule has 0 aromatic heterocycles. The van der Waals surface area contributed by atoms with Crippen LogP contribution in [0.5, 0.6) is 0 Å². The van der Waals surface area contributed by atoms with Crippen LogP contribution in [0.1, 0.15) is 48.1 Å². The molecule has 1 atom stereocenters. The molecule has 2 aromatic rings. The molecule has 0 bridgehead atoms. The van der Waals surface area contributed by atoms with Crippen LogP contribution in [0.4, 0.5) is 0 Å². The number of likely N-dealkylation sites (N-methyl/N-ethyl adjacent to an activating group) is 1. The van der Waals surface area contributed by atoms with E-state index in [9.17, 15) is 4.79 Å². The van der Waals surface area contributed by atoms with Crippen LogP contribution < -0.4 is 5.32 Å². The van der Waals surface area contributed by atoms with E-state index in [1.165, 1.54) is 47.9 Å². The van der Waals surface area contributed by atoms with Crippen molar-refractivity contribution in [2.45, 2.75) is 45.2 Å². The average molecular weight is 336 g/mol. The maximum Gasteiger partial charge on any atom is 0.234 e. The fourth-order valence-electron chi connectivity index (χ4n) is 3.59. The molecule has 0 heterocycles. The zero-order valence-corrected chi connectivity index (χ0v) is 15.3. The van der Waals surface area contributed by atoms with Crippen molar-refractivity contribution in [1.82, 2.24) is 10.2 Å². The first-order chi connectivity index (χ1) is 12.1. The van der Waals surface area contributed by atoms with Gasteiger partial charge >= 0.3 is 0 Å². The third kappa shape index (κ3) is 4.93. The molecule has 0 radical (unpaired) electrons. The molecule has 3 rings (SSSR count). The molecule has 0 fully saturated rings. The molecule has 1 aliphatic carbocycles. The fourth-order valence-corrected chi connectivity index (χ4v) is 3.59. The molecule has 3 heteroatoms. The number of carbonyl (C=O) groups is 1. The van der Waals surface area contributed by atoms with Gasteiger partial charge in [-0.15, -0.1) is 0 Å². The van der Waals surface area contributed by atoms with E-state index in [0.29, 0.717) is 6.54 Å². The molecule has 0 saturated carbocycles. The van der Waals surface area contributed by atoms with Crippen molar-refractivity contribution in [2.24, 2.45) is 0 Å². The topological polar surface area (TPSA) is 32.3 Å². The Morgan fingerprint density at radius 1 is 1.08 bits per heavy atom. The summed E-state index contributed by atoms with van der Waals surface area (Å²) in [6.45, 7) is 3.26. The van der Waals surface area contributed by atoms with E-state index in [1.54, 1.807) is 0 Å². The van der Waals surface area contributed by atoms with E-state index in [0.717, 1.165) is 6.54 Å². The lowest BCUT2D eigenvalue weighted by Gasteiger charge is -2.21. The monoisotopic (exact) mass is 336 g/mol. The van der Waals surface area contributed by atoms with Crippen LogP contribution in [0.3, 0.4) is 0 Å². The number of fused-ring (bicyclic) bond motifs is 1. The summed E-state index contributed by atoms with van der Waals surface area (Å²) in [7, 11) is 1.98. The normalized spacial score (nSPS) is 14.8. The molecular weight excluding hydrogens is 308 g/mol. The average Bonchev–Trinajstić information content (AvgIpc) is 2.61. The number of benzene rings is 2. The fraction of sp³-hybridized carbons (Fsp3) is 0.409. The van der Waals surface area contributed by atoms with Gasteiger partial charge in [-0.05, 0) is 61.9 Å². The Balaban J connectivity index is 1.53. The minimum absolute atomic E-state index is 0.0462. The highest BCUT2D eigenvalue weighted by Gasteiger charge is 2.15. The first kappa shape index (κ1) is 17.7. The maximum atomic E-state index is 12.4. The van der Waals surface area contributed by atoms with Crippen molar-refractivity contribution in [3.05, 3.63) is 70.8 Å². The quantitative estimate of drug-likeness (QED) is 0.868. The molecule has 25 heavy (non-hydrogen) atoms. The SMILES string of the molecule is C[C@@H](NC(=O)CN(C)Cc1ccccc1)c1ccc2c(c1)CCCC2. The van der Waals surface area contributed by atoms with Crippen molar-refractivity contribution in [3.8, 4) is 0 Å². The minimum atomic E-state index is 0.0462. The highest BCUT2D eigenvalue weighted by Crippen LogP contribution is 2.24. The van der Waals surface area contributed by atoms with Crippen LogP contribution in [0.15, 0.2) is 48.5 Å². The molecule has 132 valence electrons. The number of amides is 1. The Kier molecular flexibility index (Phi) is 5.87. The van der Waals surface area contributed by atoms with Gasteiger partial charge in [-0.1, -0.05) is 48.5 Å². The smallest absolute Gasteiger partial charge is 0.234 e. The Labute approximate surface area is 151 Å². The van der Waals surface area contributed by atoms with Gasteiger partial charge in [0.15, 0.2) is 0 Å². The van der Waals surface area contributed by atoms with Crippen molar-refractivity contribution in [1.29, 1.82) is 0 Å². The van der Waals surface area contributed by atoms with Gasteiger partial charge in [-0.2, -0.15) is 0 Å². The number of rotatable bonds is 6. The molecular formula is C22H28N2O. The van der Waals surface area contributed by atoms with E-state index in [4.69, 9.17) is 0 Å². The second-order valence-electron chi connectivity index (χ2n) is 7.18. The number of hydrogen-bond acceptors (Lipinski definition) is 2. The number of nitrogens with one attached hydrogen (secondary N) is 1. The maximum absolute atomic E-state index is 12.4. The summed E-state index contributed by atoms with van der Waals surface area (Å²) in [5, 5.41) is 3.14. The number of nitrogens with zero attached hydrogens (tertiary/aromatic N) is 1. The van der Waals surface area contributed by atoms with Crippen molar-refractivity contribution < 1.29 is 4.79 Å². The summed E-state index contributed by atoms with van der Waals surface area (Å²) >= 11 is 0. The molecule has 0 aliphatic heterocycles. The van der Waals surface area contributed by atoms with Crippen LogP contribution in [0.25, 0.3) is 0 Å². The standard InChI is InChI=1S/C22H28N2O/c1-17(20-13-12-19-10-6-7-11-21(19)14-20)23-22(25)16-24(2)15-18-8-4-3-5-9-18/h3-5,8-9,12-14,17H,6-7,10-11,15-16H2,1-2H3,(H,23,25)/t17-/m1/s1. The lowest BCUT2D eigenvalue weighted by molar-refractivity contribution is -0.122. The van der Waals surface area contributed by atoms with Crippen LogP contribution >= 0.6 is 0 Å². The van der Waals surface area contributed by atoms with Crippen LogP contribution in [0, 0.1) is 0 Å². The molecule has 0 spiro atoms. The summed E-state index contributed by atoms with van der Waals surface area (Å²) in [6.07, 6.45) is 4.94. The first-order valence-corrected chi connectivity index (χ1v) is 9.25. The molecule has 1 aliphatic rings. The third-order valence-corrected chi connectivity index (χ3v) is 4.96. The van der Waals surface area contributed by atoms with Crippen molar-refractivity contribution in [3.63, 3.8) is 0 Å². The third-order valence-electron chi connectivity index (χ3n) is 4.96. The van der Waals surface area contributed by atoms with Gasteiger partial charge in [0.05, 0.1) is 12.6 Å². The van der Waals surface area contributed by atoms with Gasteiger partial charge in [-0.3, -0.25) is 9.69 Å². The van der Waals surface area contributed by atoms with Gasteiger partial charge in [0.25, 0.3) is 0 Å². The summed E-state index contributed by atoms with van der Waals surface area (Å²) in [5.41, 5.74) is 5.38. The van der Waals surface area contributed by atoms with E-state index < -0.39 is 0 Å². The van der Waals surface area contributed by atoms with Crippen LogP contribution in [-0.4, -0.2) is 24.4 Å². The van der Waals surface area contributed by atoms with Gasteiger partial charge in [0, 0.05) is 6.54 Å². The van der Waals surface area contributed by atoms with Gasteiger partial charge in [-0.25, -0.2) is 0 Å². The number of hydrogen-bond donors (Lipinski definition) is 1. The molecule has 0 saturated heterocycles. The van der Waals surface area contributed by atoms with Crippen LogP contribution in [0.2, 0.25) is 0 Å². The molecule has 3 nitrogen and oxygen atoms in total. The van der Waals surface area contributed by atoms with E-state index in [1.807, 2.05) is 30.1 Å². The highest BCUT2D eigenvalue weighted by atomic mass is 16.2. The van der Waals surface area contributed by atoms with E-state index in [-0.39, 0.29) is 11.9 Å². The molecule has 1 amide bonds. The number of aryl methyl sites for hydroxylation is 2. The lowest BCUT2D eigenvalue weighted by Crippen LogP contribution is -2.36.